The van der Waals surface area contributed by atoms with Gasteiger partial charge in [0.25, 0.3) is 0 Å². The number of nitrogens with zero attached hydrogens (tertiary/aromatic N) is 1. The van der Waals surface area contributed by atoms with Crippen LogP contribution in [-0.4, -0.2) is 42.3 Å². The second-order valence-corrected chi connectivity index (χ2v) is 7.61. The number of amides is 1. The Labute approximate surface area is 141 Å². The molecule has 0 spiro atoms. The standard InChI is InChI=1S/C17H25NO4S/c1-5-21-15(19)13-8-11-23-14(13)12-6-9-18(10-7-12)16(20)22-17(2,3)4/h8,11-12H,5-7,9-10H2,1-4H3. The van der Waals surface area contributed by atoms with Crippen molar-refractivity contribution < 1.29 is 19.1 Å². The average Bonchev–Trinajstić information content (AvgIpc) is 2.95. The first-order chi connectivity index (χ1) is 10.8. The van der Waals surface area contributed by atoms with Gasteiger partial charge in [0.15, 0.2) is 0 Å². The van der Waals surface area contributed by atoms with E-state index in [9.17, 15) is 9.59 Å². The van der Waals surface area contributed by atoms with Gasteiger partial charge < -0.3 is 14.4 Å². The van der Waals surface area contributed by atoms with Crippen LogP contribution in [0.25, 0.3) is 0 Å². The Balaban J connectivity index is 1.96. The summed E-state index contributed by atoms with van der Waals surface area (Å²) in [6.07, 6.45) is 1.42. The van der Waals surface area contributed by atoms with Crippen molar-refractivity contribution in [1.29, 1.82) is 0 Å². The van der Waals surface area contributed by atoms with E-state index < -0.39 is 5.60 Å². The molecule has 2 heterocycles. The molecule has 0 bridgehead atoms. The fraction of sp³-hybridized carbons (Fsp3) is 0.647. The lowest BCUT2D eigenvalue weighted by Gasteiger charge is -2.33. The first kappa shape index (κ1) is 17.8. The molecule has 1 aromatic rings. The van der Waals surface area contributed by atoms with Crippen molar-refractivity contribution >= 4 is 23.4 Å². The maximum atomic E-state index is 12.1. The number of piperidine rings is 1. The molecule has 0 aromatic carbocycles. The van der Waals surface area contributed by atoms with E-state index in [0.29, 0.717) is 31.2 Å². The molecule has 0 aliphatic carbocycles. The normalized spacial score (nSPS) is 16.3. The van der Waals surface area contributed by atoms with Gasteiger partial charge in [0.2, 0.25) is 0 Å². The van der Waals surface area contributed by atoms with Crippen LogP contribution < -0.4 is 0 Å². The van der Waals surface area contributed by atoms with Crippen molar-refractivity contribution in [3.63, 3.8) is 0 Å². The molecule has 1 fully saturated rings. The highest BCUT2D eigenvalue weighted by Gasteiger charge is 2.30. The number of thiophene rings is 1. The predicted octanol–water partition coefficient (Wildman–Crippen LogP) is 4.04. The van der Waals surface area contributed by atoms with Gasteiger partial charge in [-0.1, -0.05) is 0 Å². The molecule has 0 radical (unpaired) electrons. The number of carbonyl (C=O) groups is 2. The van der Waals surface area contributed by atoms with Crippen LogP contribution >= 0.6 is 11.3 Å². The fourth-order valence-electron chi connectivity index (χ4n) is 2.67. The first-order valence-electron chi connectivity index (χ1n) is 8.04. The van der Waals surface area contributed by atoms with Crippen LogP contribution in [0.15, 0.2) is 11.4 Å². The number of hydrogen-bond acceptors (Lipinski definition) is 5. The lowest BCUT2D eigenvalue weighted by Crippen LogP contribution is -2.41. The summed E-state index contributed by atoms with van der Waals surface area (Å²) in [4.78, 5) is 26.9. The van der Waals surface area contributed by atoms with Crippen molar-refractivity contribution in [2.24, 2.45) is 0 Å². The minimum absolute atomic E-state index is 0.252. The van der Waals surface area contributed by atoms with Crippen LogP contribution in [0.1, 0.15) is 61.7 Å². The SMILES string of the molecule is CCOC(=O)c1ccsc1C1CCN(C(=O)OC(C)(C)C)CC1. The Hall–Kier alpha value is -1.56. The molecular formula is C17H25NO4S. The third-order valence-electron chi connectivity index (χ3n) is 3.71. The summed E-state index contributed by atoms with van der Waals surface area (Å²) < 4.78 is 10.5. The van der Waals surface area contributed by atoms with E-state index in [4.69, 9.17) is 9.47 Å². The molecule has 128 valence electrons. The minimum atomic E-state index is -0.473. The van der Waals surface area contributed by atoms with Crippen LogP contribution in [0.4, 0.5) is 4.79 Å². The summed E-state index contributed by atoms with van der Waals surface area (Å²) in [5.41, 5.74) is 0.200. The summed E-state index contributed by atoms with van der Waals surface area (Å²) >= 11 is 1.59. The molecule has 1 aromatic heterocycles. The maximum Gasteiger partial charge on any atom is 0.410 e. The number of hydrogen-bond donors (Lipinski definition) is 0. The van der Waals surface area contributed by atoms with Gasteiger partial charge in [-0.05, 0) is 57.9 Å². The van der Waals surface area contributed by atoms with E-state index in [2.05, 4.69) is 0 Å². The molecule has 0 atom stereocenters. The van der Waals surface area contributed by atoms with Crippen molar-refractivity contribution in [1.82, 2.24) is 4.90 Å². The number of likely N-dealkylation sites (tertiary alicyclic amines) is 1. The van der Waals surface area contributed by atoms with Crippen LogP contribution in [0, 0.1) is 0 Å². The Bertz CT molecular complexity index is 553. The zero-order valence-corrected chi connectivity index (χ0v) is 15.1. The molecule has 1 amide bonds. The second kappa shape index (κ2) is 7.34. The van der Waals surface area contributed by atoms with Gasteiger partial charge in [0, 0.05) is 18.0 Å². The zero-order chi connectivity index (χ0) is 17.0. The van der Waals surface area contributed by atoms with Crippen molar-refractivity contribution in [3.8, 4) is 0 Å². The van der Waals surface area contributed by atoms with Crippen LogP contribution in [0.3, 0.4) is 0 Å². The summed E-state index contributed by atoms with van der Waals surface area (Å²) in [6, 6.07) is 1.83. The lowest BCUT2D eigenvalue weighted by molar-refractivity contribution is 0.0204. The maximum absolute atomic E-state index is 12.1. The predicted molar refractivity (Wildman–Crippen MR) is 90.1 cm³/mol. The van der Waals surface area contributed by atoms with E-state index in [-0.39, 0.29) is 12.1 Å². The molecule has 1 saturated heterocycles. The molecule has 1 aliphatic rings. The summed E-state index contributed by atoms with van der Waals surface area (Å²) in [5.74, 6) is 0.0476. The fourth-order valence-corrected chi connectivity index (χ4v) is 3.72. The van der Waals surface area contributed by atoms with Crippen LogP contribution in [0.2, 0.25) is 0 Å². The Kier molecular flexibility index (Phi) is 5.68. The van der Waals surface area contributed by atoms with Gasteiger partial charge in [-0.2, -0.15) is 0 Å². The summed E-state index contributed by atoms with van der Waals surface area (Å²) in [6.45, 7) is 9.10. The molecule has 23 heavy (non-hydrogen) atoms. The van der Waals surface area contributed by atoms with Gasteiger partial charge in [0.1, 0.15) is 5.60 Å². The third-order valence-corrected chi connectivity index (χ3v) is 4.79. The molecule has 1 aliphatic heterocycles. The second-order valence-electron chi connectivity index (χ2n) is 6.66. The molecule has 5 nitrogen and oxygen atoms in total. The summed E-state index contributed by atoms with van der Waals surface area (Å²) in [5, 5.41) is 1.93. The Morgan fingerprint density at radius 2 is 1.96 bits per heavy atom. The van der Waals surface area contributed by atoms with Crippen molar-refractivity contribution in [2.75, 3.05) is 19.7 Å². The third kappa shape index (κ3) is 4.70. The smallest absolute Gasteiger partial charge is 0.410 e. The minimum Gasteiger partial charge on any atom is -0.462 e. The van der Waals surface area contributed by atoms with Crippen molar-refractivity contribution in [3.05, 3.63) is 21.9 Å². The molecule has 0 N–H and O–H groups in total. The number of esters is 1. The van der Waals surface area contributed by atoms with Crippen molar-refractivity contribution in [2.45, 2.75) is 52.1 Å². The number of carbonyl (C=O) groups excluding carboxylic acids is 2. The van der Waals surface area contributed by atoms with E-state index >= 15 is 0 Å². The molecular weight excluding hydrogens is 314 g/mol. The highest BCUT2D eigenvalue weighted by Crippen LogP contribution is 2.34. The largest absolute Gasteiger partial charge is 0.462 e. The van der Waals surface area contributed by atoms with Gasteiger partial charge in [-0.25, -0.2) is 9.59 Å². The Morgan fingerprint density at radius 3 is 2.52 bits per heavy atom. The highest BCUT2D eigenvalue weighted by atomic mass is 32.1. The topological polar surface area (TPSA) is 55.8 Å². The van der Waals surface area contributed by atoms with E-state index in [1.807, 2.05) is 39.1 Å². The molecule has 6 heteroatoms. The molecule has 0 unspecified atom stereocenters. The monoisotopic (exact) mass is 339 g/mol. The quantitative estimate of drug-likeness (QED) is 0.780. The zero-order valence-electron chi connectivity index (χ0n) is 14.3. The van der Waals surface area contributed by atoms with E-state index in [1.54, 1.807) is 16.2 Å². The van der Waals surface area contributed by atoms with Gasteiger partial charge in [-0.15, -0.1) is 11.3 Å². The first-order valence-corrected chi connectivity index (χ1v) is 8.92. The highest BCUT2D eigenvalue weighted by molar-refractivity contribution is 7.10. The summed E-state index contributed by atoms with van der Waals surface area (Å²) in [7, 11) is 0. The van der Waals surface area contributed by atoms with Gasteiger partial charge in [-0.3, -0.25) is 0 Å². The van der Waals surface area contributed by atoms with E-state index in [0.717, 1.165) is 17.7 Å². The number of rotatable bonds is 3. The van der Waals surface area contributed by atoms with Gasteiger partial charge >= 0.3 is 12.1 Å². The van der Waals surface area contributed by atoms with Gasteiger partial charge in [0.05, 0.1) is 12.2 Å². The lowest BCUT2D eigenvalue weighted by atomic mass is 9.93. The van der Waals surface area contributed by atoms with E-state index in [1.165, 1.54) is 0 Å². The Morgan fingerprint density at radius 1 is 1.30 bits per heavy atom. The average molecular weight is 339 g/mol. The number of ether oxygens (including phenoxy) is 2. The molecule has 0 saturated carbocycles. The van der Waals surface area contributed by atoms with Crippen LogP contribution in [0.5, 0.6) is 0 Å². The van der Waals surface area contributed by atoms with Crippen LogP contribution in [-0.2, 0) is 9.47 Å². The molecule has 2 rings (SSSR count).